The molecule has 154 valence electrons. The normalized spacial score (nSPS) is 13.2. The summed E-state index contributed by atoms with van der Waals surface area (Å²) in [6.45, 7) is 2.64. The highest BCUT2D eigenvalue weighted by Crippen LogP contribution is 2.40. The van der Waals surface area contributed by atoms with Gasteiger partial charge in [-0.15, -0.1) is 0 Å². The van der Waals surface area contributed by atoms with Gasteiger partial charge in [0.1, 0.15) is 0 Å². The number of rotatable bonds is 6. The van der Waals surface area contributed by atoms with Crippen molar-refractivity contribution < 1.29 is 23.8 Å². The van der Waals surface area contributed by atoms with Crippen LogP contribution in [0.15, 0.2) is 30.3 Å². The summed E-state index contributed by atoms with van der Waals surface area (Å²) >= 11 is 0. The topological polar surface area (TPSA) is 89.1 Å². The van der Waals surface area contributed by atoms with Crippen molar-refractivity contribution >= 4 is 29.0 Å². The Hall–Kier alpha value is -3.42. The standard InChI is InChI=1S/C21H25N3O5/c1-13-7-8-14(10-16(13)24-9-5-6-19(24)25)22-21(26)23-15-11-17(27-2)20(29-4)18(12-15)28-3/h7-8,10-12H,5-6,9H2,1-4H3,(H2,22,23,26). The number of ether oxygens (including phenoxy) is 3. The number of hydrogen-bond acceptors (Lipinski definition) is 5. The van der Waals surface area contributed by atoms with E-state index in [-0.39, 0.29) is 5.91 Å². The van der Waals surface area contributed by atoms with Crippen molar-refractivity contribution in [3.8, 4) is 17.2 Å². The van der Waals surface area contributed by atoms with Crippen molar-refractivity contribution in [3.05, 3.63) is 35.9 Å². The molecule has 3 amide bonds. The highest BCUT2D eigenvalue weighted by atomic mass is 16.5. The number of benzene rings is 2. The maximum atomic E-state index is 12.5. The van der Waals surface area contributed by atoms with E-state index in [2.05, 4.69) is 10.6 Å². The smallest absolute Gasteiger partial charge is 0.323 e. The molecule has 0 radical (unpaired) electrons. The van der Waals surface area contributed by atoms with E-state index in [1.807, 2.05) is 19.1 Å². The van der Waals surface area contributed by atoms with E-state index in [1.165, 1.54) is 21.3 Å². The molecule has 1 heterocycles. The molecule has 0 aliphatic carbocycles. The largest absolute Gasteiger partial charge is 0.493 e. The molecule has 0 saturated carbocycles. The Bertz CT molecular complexity index is 904. The summed E-state index contributed by atoms with van der Waals surface area (Å²) < 4.78 is 15.9. The molecule has 1 fully saturated rings. The SMILES string of the molecule is COc1cc(NC(=O)Nc2ccc(C)c(N3CCCC3=O)c2)cc(OC)c1OC. The molecule has 0 unspecified atom stereocenters. The molecule has 8 heteroatoms. The second kappa shape index (κ2) is 8.72. The molecule has 1 aliphatic rings. The third kappa shape index (κ3) is 4.37. The van der Waals surface area contributed by atoms with Gasteiger partial charge < -0.3 is 29.7 Å². The van der Waals surface area contributed by atoms with Crippen LogP contribution >= 0.6 is 0 Å². The van der Waals surface area contributed by atoms with Crippen molar-refractivity contribution in [3.63, 3.8) is 0 Å². The second-order valence-corrected chi connectivity index (χ2v) is 6.64. The predicted molar refractivity (Wildman–Crippen MR) is 112 cm³/mol. The van der Waals surface area contributed by atoms with Crippen LogP contribution in [0.25, 0.3) is 0 Å². The molecular weight excluding hydrogens is 374 g/mol. The third-order valence-corrected chi connectivity index (χ3v) is 4.75. The zero-order valence-electron chi connectivity index (χ0n) is 17.0. The quantitative estimate of drug-likeness (QED) is 0.771. The zero-order valence-corrected chi connectivity index (χ0v) is 17.0. The van der Waals surface area contributed by atoms with E-state index in [0.717, 1.165) is 17.7 Å². The number of nitrogens with one attached hydrogen (secondary N) is 2. The fourth-order valence-corrected chi connectivity index (χ4v) is 3.33. The van der Waals surface area contributed by atoms with Crippen LogP contribution in [-0.2, 0) is 4.79 Å². The number of urea groups is 1. The molecule has 1 aliphatic heterocycles. The molecular formula is C21H25N3O5. The van der Waals surface area contributed by atoms with Crippen LogP contribution in [0.2, 0.25) is 0 Å². The molecule has 8 nitrogen and oxygen atoms in total. The zero-order chi connectivity index (χ0) is 21.0. The Morgan fingerprint density at radius 1 is 0.966 bits per heavy atom. The van der Waals surface area contributed by atoms with Gasteiger partial charge in [0.25, 0.3) is 0 Å². The van der Waals surface area contributed by atoms with Crippen LogP contribution in [0.3, 0.4) is 0 Å². The van der Waals surface area contributed by atoms with E-state index in [4.69, 9.17) is 14.2 Å². The first-order chi connectivity index (χ1) is 14.0. The van der Waals surface area contributed by atoms with Crippen LogP contribution in [-0.4, -0.2) is 39.8 Å². The molecule has 2 N–H and O–H groups in total. The maximum absolute atomic E-state index is 12.5. The minimum atomic E-state index is -0.429. The number of carbonyl (C=O) groups is 2. The minimum Gasteiger partial charge on any atom is -0.493 e. The van der Waals surface area contributed by atoms with Crippen molar-refractivity contribution in [2.24, 2.45) is 0 Å². The van der Waals surface area contributed by atoms with Gasteiger partial charge in [0.15, 0.2) is 11.5 Å². The summed E-state index contributed by atoms with van der Waals surface area (Å²) in [5.41, 5.74) is 2.88. The van der Waals surface area contributed by atoms with Gasteiger partial charge in [-0.05, 0) is 31.0 Å². The third-order valence-electron chi connectivity index (χ3n) is 4.75. The van der Waals surface area contributed by atoms with Crippen molar-refractivity contribution in [1.29, 1.82) is 0 Å². The summed E-state index contributed by atoms with van der Waals surface area (Å²) in [5, 5.41) is 5.56. The lowest BCUT2D eigenvalue weighted by Gasteiger charge is -2.19. The average molecular weight is 399 g/mol. The summed E-state index contributed by atoms with van der Waals surface area (Å²) in [6.07, 6.45) is 1.40. The first-order valence-electron chi connectivity index (χ1n) is 9.26. The summed E-state index contributed by atoms with van der Waals surface area (Å²) in [6, 6.07) is 8.36. The maximum Gasteiger partial charge on any atom is 0.323 e. The molecule has 0 spiro atoms. The Morgan fingerprint density at radius 2 is 1.62 bits per heavy atom. The van der Waals surface area contributed by atoms with Gasteiger partial charge in [-0.1, -0.05) is 6.07 Å². The molecule has 1 saturated heterocycles. The van der Waals surface area contributed by atoms with E-state index >= 15 is 0 Å². The minimum absolute atomic E-state index is 0.104. The van der Waals surface area contributed by atoms with Crippen molar-refractivity contribution in [2.75, 3.05) is 43.4 Å². The first kappa shape index (κ1) is 20.3. The highest BCUT2D eigenvalue weighted by molar-refractivity contribution is 6.01. The van der Waals surface area contributed by atoms with Crippen LogP contribution < -0.4 is 29.7 Å². The lowest BCUT2D eigenvalue weighted by Crippen LogP contribution is -2.25. The monoisotopic (exact) mass is 399 g/mol. The van der Waals surface area contributed by atoms with Crippen LogP contribution in [0, 0.1) is 6.92 Å². The summed E-state index contributed by atoms with van der Waals surface area (Å²) in [4.78, 5) is 26.3. The lowest BCUT2D eigenvalue weighted by atomic mass is 10.1. The molecule has 0 atom stereocenters. The fraction of sp³-hybridized carbons (Fsp3) is 0.333. The summed E-state index contributed by atoms with van der Waals surface area (Å²) in [7, 11) is 4.53. The molecule has 2 aromatic carbocycles. The van der Waals surface area contributed by atoms with E-state index in [0.29, 0.717) is 41.6 Å². The number of carbonyl (C=O) groups excluding carboxylic acids is 2. The van der Waals surface area contributed by atoms with Crippen molar-refractivity contribution in [1.82, 2.24) is 0 Å². The van der Waals surface area contributed by atoms with Crippen molar-refractivity contribution in [2.45, 2.75) is 19.8 Å². The Kier molecular flexibility index (Phi) is 6.11. The average Bonchev–Trinajstić information content (AvgIpc) is 3.14. The van der Waals surface area contributed by atoms with Gasteiger partial charge in [0.05, 0.1) is 27.0 Å². The van der Waals surface area contributed by atoms with Crippen LogP contribution in [0.4, 0.5) is 21.9 Å². The highest BCUT2D eigenvalue weighted by Gasteiger charge is 2.23. The number of aryl methyl sites for hydroxylation is 1. The van der Waals surface area contributed by atoms with Gasteiger partial charge in [0, 0.05) is 36.5 Å². The van der Waals surface area contributed by atoms with Gasteiger partial charge in [-0.25, -0.2) is 4.79 Å². The number of amides is 3. The number of nitrogens with zero attached hydrogens (tertiary/aromatic N) is 1. The summed E-state index contributed by atoms with van der Waals surface area (Å²) in [5.74, 6) is 1.42. The van der Waals surface area contributed by atoms with Crippen LogP contribution in [0.1, 0.15) is 18.4 Å². The number of methoxy groups -OCH3 is 3. The predicted octanol–water partition coefficient (Wildman–Crippen LogP) is 3.79. The Balaban J connectivity index is 1.77. The fourth-order valence-electron chi connectivity index (χ4n) is 3.33. The van der Waals surface area contributed by atoms with Gasteiger partial charge in [-0.2, -0.15) is 0 Å². The first-order valence-corrected chi connectivity index (χ1v) is 9.26. The number of anilines is 3. The second-order valence-electron chi connectivity index (χ2n) is 6.64. The molecule has 0 aromatic heterocycles. The van der Waals surface area contributed by atoms with Crippen LogP contribution in [0.5, 0.6) is 17.2 Å². The molecule has 2 aromatic rings. The van der Waals surface area contributed by atoms with E-state index in [9.17, 15) is 9.59 Å². The Morgan fingerprint density at radius 3 is 2.17 bits per heavy atom. The number of hydrogen-bond donors (Lipinski definition) is 2. The van der Waals surface area contributed by atoms with Gasteiger partial charge >= 0.3 is 6.03 Å². The molecule has 3 rings (SSSR count). The Labute approximate surface area is 169 Å². The van der Waals surface area contributed by atoms with E-state index in [1.54, 1.807) is 23.1 Å². The molecule has 0 bridgehead atoms. The van der Waals surface area contributed by atoms with E-state index < -0.39 is 6.03 Å². The lowest BCUT2D eigenvalue weighted by molar-refractivity contribution is -0.117. The van der Waals surface area contributed by atoms with Gasteiger partial charge in [-0.3, -0.25) is 4.79 Å². The van der Waals surface area contributed by atoms with Gasteiger partial charge in [0.2, 0.25) is 11.7 Å². The molecule has 29 heavy (non-hydrogen) atoms.